The first-order valence-electron chi connectivity index (χ1n) is 13.8. The van der Waals surface area contributed by atoms with E-state index in [1.54, 1.807) is 24.3 Å². The van der Waals surface area contributed by atoms with Gasteiger partial charge in [-0.1, -0.05) is 91.5 Å². The SMILES string of the molecule is C=CC/C=C/C=C(C)/C=C/C1OC(=O)CC(O)CC(O)/C=C/CC(=C)CC(O)CC/C=C/CC(O)/C=C/C1C. The van der Waals surface area contributed by atoms with Crippen LogP contribution in [0.25, 0.3) is 0 Å². The van der Waals surface area contributed by atoms with Crippen molar-refractivity contribution in [2.75, 3.05) is 0 Å². The Kier molecular flexibility index (Phi) is 17.7. The Morgan fingerprint density at radius 1 is 1.05 bits per heavy atom. The Hall–Kier alpha value is -2.77. The second kappa shape index (κ2) is 20.2. The molecule has 6 unspecified atom stereocenters. The molecule has 0 fully saturated rings. The molecule has 6 nitrogen and oxygen atoms in total. The normalized spacial score (nSPS) is 32.2. The van der Waals surface area contributed by atoms with E-state index in [2.05, 4.69) is 13.2 Å². The van der Waals surface area contributed by atoms with E-state index in [9.17, 15) is 25.2 Å². The molecular weight excluding hydrogens is 492 g/mol. The second-order valence-corrected chi connectivity index (χ2v) is 10.2. The highest BCUT2D eigenvalue weighted by Crippen LogP contribution is 2.17. The van der Waals surface area contributed by atoms with Crippen molar-refractivity contribution >= 4 is 5.97 Å². The summed E-state index contributed by atoms with van der Waals surface area (Å²) >= 11 is 0. The van der Waals surface area contributed by atoms with Crippen LogP contribution in [0.4, 0.5) is 0 Å². The summed E-state index contributed by atoms with van der Waals surface area (Å²) < 4.78 is 5.71. The summed E-state index contributed by atoms with van der Waals surface area (Å²) in [4.78, 5) is 12.7. The number of esters is 1. The number of cyclic esters (lactones) is 1. The number of hydrogen-bond donors (Lipinski definition) is 4. The molecule has 1 heterocycles. The van der Waals surface area contributed by atoms with Crippen molar-refractivity contribution in [1.29, 1.82) is 0 Å². The molecule has 0 spiro atoms. The summed E-state index contributed by atoms with van der Waals surface area (Å²) in [6.45, 7) is 11.5. The molecule has 0 aromatic carbocycles. The lowest BCUT2D eigenvalue weighted by Crippen LogP contribution is -2.26. The lowest BCUT2D eigenvalue weighted by molar-refractivity contribution is -0.150. The molecule has 216 valence electrons. The highest BCUT2D eigenvalue weighted by Gasteiger charge is 2.21. The van der Waals surface area contributed by atoms with Crippen LogP contribution in [0.15, 0.2) is 97.2 Å². The first kappa shape index (κ1) is 34.3. The second-order valence-electron chi connectivity index (χ2n) is 10.2. The van der Waals surface area contributed by atoms with Gasteiger partial charge in [-0.15, -0.1) is 6.58 Å². The van der Waals surface area contributed by atoms with Crippen LogP contribution in [0.1, 0.15) is 65.2 Å². The fourth-order valence-electron chi connectivity index (χ4n) is 3.90. The summed E-state index contributed by atoms with van der Waals surface area (Å²) in [6.07, 6.45) is 21.4. The number of carbonyl (C=O) groups excluding carboxylic acids is 1. The van der Waals surface area contributed by atoms with Gasteiger partial charge in [-0.25, -0.2) is 0 Å². The third-order valence-electron chi connectivity index (χ3n) is 6.19. The van der Waals surface area contributed by atoms with Crippen LogP contribution in [0.5, 0.6) is 0 Å². The summed E-state index contributed by atoms with van der Waals surface area (Å²) in [5, 5.41) is 41.2. The molecule has 0 aliphatic carbocycles. The maximum Gasteiger partial charge on any atom is 0.309 e. The van der Waals surface area contributed by atoms with Crippen LogP contribution in [0, 0.1) is 5.92 Å². The third kappa shape index (κ3) is 17.4. The topological polar surface area (TPSA) is 107 Å². The molecule has 0 aromatic rings. The van der Waals surface area contributed by atoms with Gasteiger partial charge in [0.25, 0.3) is 0 Å². The predicted molar refractivity (Wildman–Crippen MR) is 159 cm³/mol. The van der Waals surface area contributed by atoms with E-state index in [4.69, 9.17) is 4.74 Å². The minimum absolute atomic E-state index is 0.00587. The van der Waals surface area contributed by atoms with Crippen molar-refractivity contribution in [2.45, 2.75) is 95.7 Å². The molecule has 1 aliphatic rings. The fourth-order valence-corrected chi connectivity index (χ4v) is 3.90. The fraction of sp³-hybridized carbons (Fsp3) is 0.485. The smallest absolute Gasteiger partial charge is 0.309 e. The van der Waals surface area contributed by atoms with Gasteiger partial charge in [0.1, 0.15) is 6.10 Å². The maximum atomic E-state index is 12.7. The minimum atomic E-state index is -1.07. The van der Waals surface area contributed by atoms with Crippen LogP contribution in [0.2, 0.25) is 0 Å². The maximum absolute atomic E-state index is 12.7. The number of allylic oxidation sites excluding steroid dienone is 8. The van der Waals surface area contributed by atoms with Gasteiger partial charge in [0.15, 0.2) is 0 Å². The lowest BCUT2D eigenvalue weighted by atomic mass is 10.0. The van der Waals surface area contributed by atoms with E-state index in [0.717, 1.165) is 17.6 Å². The molecule has 0 bridgehead atoms. The van der Waals surface area contributed by atoms with Crippen molar-refractivity contribution in [1.82, 2.24) is 0 Å². The summed E-state index contributed by atoms with van der Waals surface area (Å²) in [5.41, 5.74) is 1.81. The van der Waals surface area contributed by atoms with Gasteiger partial charge in [0.05, 0.1) is 30.8 Å². The van der Waals surface area contributed by atoms with Crippen molar-refractivity contribution in [3.63, 3.8) is 0 Å². The zero-order valence-electron chi connectivity index (χ0n) is 23.6. The molecule has 6 atom stereocenters. The first-order valence-corrected chi connectivity index (χ1v) is 13.8. The first-order chi connectivity index (χ1) is 18.6. The van der Waals surface area contributed by atoms with Gasteiger partial charge >= 0.3 is 5.97 Å². The molecule has 1 aliphatic heterocycles. The van der Waals surface area contributed by atoms with E-state index in [1.807, 2.05) is 62.5 Å². The monoisotopic (exact) mass is 540 g/mol. The highest BCUT2D eigenvalue weighted by molar-refractivity contribution is 5.70. The van der Waals surface area contributed by atoms with Crippen LogP contribution in [0.3, 0.4) is 0 Å². The van der Waals surface area contributed by atoms with Crippen LogP contribution in [-0.4, -0.2) is 56.9 Å². The van der Waals surface area contributed by atoms with E-state index in [-0.39, 0.29) is 18.8 Å². The summed E-state index contributed by atoms with van der Waals surface area (Å²) in [7, 11) is 0. The number of rotatable bonds is 5. The molecule has 1 rings (SSSR count). The van der Waals surface area contributed by atoms with E-state index in [0.29, 0.717) is 32.1 Å². The molecule has 0 aromatic heterocycles. The molecule has 4 N–H and O–H groups in total. The highest BCUT2D eigenvalue weighted by atomic mass is 16.5. The van der Waals surface area contributed by atoms with Gasteiger partial charge in [0, 0.05) is 12.3 Å². The average molecular weight is 541 g/mol. The Morgan fingerprint density at radius 2 is 1.82 bits per heavy atom. The molecule has 0 radical (unpaired) electrons. The zero-order valence-corrected chi connectivity index (χ0v) is 23.6. The largest absolute Gasteiger partial charge is 0.457 e. The number of aliphatic hydroxyl groups excluding tert-OH is 4. The van der Waals surface area contributed by atoms with Crippen LogP contribution in [-0.2, 0) is 9.53 Å². The molecule has 0 amide bonds. The predicted octanol–water partition coefficient (Wildman–Crippen LogP) is 5.58. The Morgan fingerprint density at radius 3 is 2.56 bits per heavy atom. The van der Waals surface area contributed by atoms with E-state index in [1.165, 1.54) is 0 Å². The van der Waals surface area contributed by atoms with Crippen LogP contribution < -0.4 is 0 Å². The van der Waals surface area contributed by atoms with Crippen LogP contribution >= 0.6 is 0 Å². The lowest BCUT2D eigenvalue weighted by Gasteiger charge is -2.21. The molecular formula is C33H48O6. The van der Waals surface area contributed by atoms with Gasteiger partial charge < -0.3 is 25.2 Å². The van der Waals surface area contributed by atoms with Gasteiger partial charge in [-0.3, -0.25) is 4.79 Å². The Balaban J connectivity index is 3.05. The summed E-state index contributed by atoms with van der Waals surface area (Å²) in [5.74, 6) is -0.811. The summed E-state index contributed by atoms with van der Waals surface area (Å²) in [6, 6.07) is 0. The Labute approximate surface area is 234 Å². The van der Waals surface area contributed by atoms with Crippen molar-refractivity contribution < 1.29 is 30.0 Å². The average Bonchev–Trinajstić information content (AvgIpc) is 2.86. The molecule has 6 heteroatoms. The number of ether oxygens (including phenoxy) is 1. The van der Waals surface area contributed by atoms with Crippen molar-refractivity contribution in [3.05, 3.63) is 97.2 Å². The number of aliphatic hydroxyl groups is 4. The molecule has 0 saturated heterocycles. The third-order valence-corrected chi connectivity index (χ3v) is 6.19. The van der Waals surface area contributed by atoms with Gasteiger partial charge in [-0.2, -0.15) is 0 Å². The Bertz CT molecular complexity index is 922. The standard InChI is InChI=1S/C33H48O6/c1-5-6-7-9-13-25(2)18-21-32-27(4)19-20-28(34)15-10-8-11-16-29(35)22-26(3)14-12-17-30(36)23-31(37)24-33(38)39-32/h5,7-10,12-13,17-21,27-32,34-37H,1,3,6,11,14-16,22-24H2,2,4H3/b9-7+,10-8+,17-12+,20-19+,21-18+,25-13+. The molecule has 39 heavy (non-hydrogen) atoms. The zero-order chi connectivity index (χ0) is 29.0. The van der Waals surface area contributed by atoms with Gasteiger partial charge in [-0.05, 0) is 51.5 Å². The molecule has 0 saturated carbocycles. The van der Waals surface area contributed by atoms with Gasteiger partial charge in [0.2, 0.25) is 0 Å². The number of hydrogen-bond acceptors (Lipinski definition) is 6. The van der Waals surface area contributed by atoms with E-state index < -0.39 is 36.5 Å². The van der Waals surface area contributed by atoms with Crippen molar-refractivity contribution in [2.24, 2.45) is 5.92 Å². The minimum Gasteiger partial charge on any atom is -0.457 e. The number of carbonyl (C=O) groups is 1. The quantitative estimate of drug-likeness (QED) is 0.206. The van der Waals surface area contributed by atoms with Crippen molar-refractivity contribution in [3.8, 4) is 0 Å². The van der Waals surface area contributed by atoms with E-state index >= 15 is 0 Å².